The van der Waals surface area contributed by atoms with Gasteiger partial charge in [-0.15, -0.1) is 0 Å². The number of aromatic nitrogens is 4. The van der Waals surface area contributed by atoms with Crippen LogP contribution in [0.3, 0.4) is 0 Å². The van der Waals surface area contributed by atoms with E-state index in [0.717, 1.165) is 63.0 Å². The molecule has 2 aromatic carbocycles. The fourth-order valence-corrected chi connectivity index (χ4v) is 6.27. The third-order valence-electron chi connectivity index (χ3n) is 9.17. The van der Waals surface area contributed by atoms with Crippen molar-refractivity contribution in [2.75, 3.05) is 27.3 Å². The molecule has 7 rings (SSSR count). The number of amides is 2. The fourth-order valence-electron chi connectivity index (χ4n) is 6.13. The summed E-state index contributed by atoms with van der Waals surface area (Å²) in [4.78, 5) is 57.9. The maximum Gasteiger partial charge on any atom is 1.00 e. The number of nitrogens with one attached hydrogen (secondary N) is 1. The van der Waals surface area contributed by atoms with Crippen LogP contribution in [0.1, 0.15) is 80.5 Å². The summed E-state index contributed by atoms with van der Waals surface area (Å²) >= 11 is 5.30. The molecule has 1 saturated heterocycles. The molecule has 0 unspecified atom stereocenters. The van der Waals surface area contributed by atoms with Crippen LogP contribution in [-0.4, -0.2) is 90.0 Å². The first kappa shape index (κ1) is 48.9. The number of imidazole rings is 2. The molecule has 0 radical (unpaired) electrons. The van der Waals surface area contributed by atoms with Crippen molar-refractivity contribution in [3.63, 3.8) is 0 Å². The molecule has 0 spiro atoms. The van der Waals surface area contributed by atoms with Crippen LogP contribution in [0.2, 0.25) is 0 Å². The second-order valence-electron chi connectivity index (χ2n) is 12.7. The molecule has 3 aliphatic rings. The second-order valence-corrected chi connectivity index (χ2v) is 13.0. The first-order valence-electron chi connectivity index (χ1n) is 17.3. The normalized spacial score (nSPS) is 14.5. The van der Waals surface area contributed by atoms with Crippen molar-refractivity contribution in [2.45, 2.75) is 91.1 Å². The van der Waals surface area contributed by atoms with Gasteiger partial charge in [-0.05, 0) is 50.1 Å². The number of carbonyl (C=O) groups excluding carboxylic acids is 2. The largest absolute Gasteiger partial charge is 1.00 e. The molecule has 15 nitrogen and oxygen atoms in total. The Kier molecular flexibility index (Phi) is 22.3. The number of benzene rings is 2. The van der Waals surface area contributed by atoms with E-state index in [1.54, 1.807) is 53.5 Å². The van der Waals surface area contributed by atoms with Crippen molar-refractivity contribution in [3.05, 3.63) is 93.8 Å². The number of carbonyl (C=O) groups is 2. The van der Waals surface area contributed by atoms with Crippen LogP contribution in [0.15, 0.2) is 73.6 Å². The molecule has 2 aliphatic carbocycles. The van der Waals surface area contributed by atoms with Crippen molar-refractivity contribution in [1.82, 2.24) is 29.3 Å². The summed E-state index contributed by atoms with van der Waals surface area (Å²) in [6.45, 7) is 2.00. The van der Waals surface area contributed by atoms with Crippen molar-refractivity contribution < 1.29 is 55.2 Å². The minimum absolute atomic E-state index is 0. The van der Waals surface area contributed by atoms with E-state index in [4.69, 9.17) is 16.3 Å². The molecule has 0 atom stereocenters. The summed E-state index contributed by atoms with van der Waals surface area (Å²) in [7, 11) is 3.58. The van der Waals surface area contributed by atoms with E-state index < -0.39 is 9.85 Å². The van der Waals surface area contributed by atoms with Gasteiger partial charge in [0.25, 0.3) is 11.4 Å². The minimum Gasteiger partial charge on any atom is -1.00 e. The summed E-state index contributed by atoms with van der Waals surface area (Å²) in [6.07, 6.45) is 17.9. The van der Waals surface area contributed by atoms with Gasteiger partial charge < -0.3 is 20.9 Å². The van der Waals surface area contributed by atoms with Crippen LogP contribution in [0.25, 0.3) is 22.5 Å². The number of hydrogen-bond acceptors (Lipinski definition) is 9. The second kappa shape index (κ2) is 25.1. The molecular formula is C38H54ClN8NaO7. The molecule has 2 amide bonds. The molecule has 3 heterocycles. The number of halogens is 1. The number of H-pyrrole nitrogens is 1. The van der Waals surface area contributed by atoms with Crippen molar-refractivity contribution in [2.24, 2.45) is 0 Å². The monoisotopic (exact) mass is 792 g/mol. The number of hydrogen-bond donors (Lipinski definition) is 1. The minimum atomic E-state index is -0.445. The molecule has 1 N–H and O–H groups in total. The predicted octanol–water partition coefficient (Wildman–Crippen LogP) is 6.69. The summed E-state index contributed by atoms with van der Waals surface area (Å²) in [5.74, 6) is 0. The molecule has 17 heteroatoms. The van der Waals surface area contributed by atoms with E-state index in [2.05, 4.69) is 15.0 Å². The molecule has 2 saturated carbocycles. The van der Waals surface area contributed by atoms with Crippen LogP contribution < -0.4 is 29.6 Å². The zero-order chi connectivity index (χ0) is 37.5. The molecule has 1 aliphatic heterocycles. The topological polar surface area (TPSA) is 183 Å². The summed E-state index contributed by atoms with van der Waals surface area (Å²) in [5, 5.41) is 21.0. The van der Waals surface area contributed by atoms with Crippen LogP contribution in [-0.2, 0) is 4.74 Å². The number of non-ortho nitro benzene ring substituents is 2. The molecular weight excluding hydrogens is 739 g/mol. The molecule has 0 bridgehead atoms. The van der Waals surface area contributed by atoms with Gasteiger partial charge in [0.2, 0.25) is 0 Å². The predicted molar refractivity (Wildman–Crippen MR) is 212 cm³/mol. The Morgan fingerprint density at radius 2 is 1.36 bits per heavy atom. The van der Waals surface area contributed by atoms with Crippen molar-refractivity contribution in [3.8, 4) is 22.5 Å². The maximum absolute atomic E-state index is 12.5. The average Bonchev–Trinajstić information content (AvgIpc) is 4.01. The number of nitro groups is 2. The number of nitro benzene ring substituents is 2. The number of aromatic amines is 1. The standard InChI is InChI=1S/C16H18N4O3.C9H7N3O2.C7H12ClNO.C4H8O.2CH4.Na.H/c1-18(13-6-2-3-7-13)16(21)19-10-15(17-11-19)12-5-4-8-14(9-12)20(22)23;13-12(14)8-3-1-2-7(4-8)9-5-10-6-11-9;1-9(7(8)10)6-4-2-3-5-6;1-2-4-5-3-1;;;;/h4-5,8-11,13H,2-3,6-7H2,1H3;1-6H,(H,10,11);6H,2-5H2,1H3;1-4H2;2*1H4;;/q;;;;;;+1;-1. The zero-order valence-corrected chi connectivity index (χ0v) is 33.2. The summed E-state index contributed by atoms with van der Waals surface area (Å²) < 4.78 is 6.38. The van der Waals surface area contributed by atoms with E-state index in [0.29, 0.717) is 17.3 Å². The molecule has 4 aromatic rings. The summed E-state index contributed by atoms with van der Waals surface area (Å²) in [5.41, 5.74) is 2.78. The Morgan fingerprint density at radius 1 is 0.855 bits per heavy atom. The third-order valence-corrected chi connectivity index (χ3v) is 9.44. The quantitative estimate of drug-likeness (QED) is 0.0731. The number of rotatable bonds is 6. The fraction of sp³-hybridized carbons (Fsp3) is 0.474. The van der Waals surface area contributed by atoms with Crippen molar-refractivity contribution >= 4 is 34.4 Å². The van der Waals surface area contributed by atoms with Crippen molar-refractivity contribution in [1.29, 1.82) is 0 Å². The van der Waals surface area contributed by atoms with E-state index in [9.17, 15) is 29.8 Å². The van der Waals surface area contributed by atoms with Gasteiger partial charge in [0.15, 0.2) is 0 Å². The van der Waals surface area contributed by atoms with E-state index >= 15 is 0 Å². The van der Waals surface area contributed by atoms with Crippen LogP contribution >= 0.6 is 11.6 Å². The Hall–Kier alpha value is -4.15. The Balaban J connectivity index is 0.000000787. The Bertz CT molecular complexity index is 1760. The van der Waals surface area contributed by atoms with E-state index in [1.807, 2.05) is 7.05 Å². The van der Waals surface area contributed by atoms with Gasteiger partial charge in [-0.1, -0.05) is 64.8 Å². The first-order valence-corrected chi connectivity index (χ1v) is 17.7. The Morgan fingerprint density at radius 3 is 1.82 bits per heavy atom. The number of nitrogens with zero attached hydrogens (tertiary/aromatic N) is 7. The van der Waals surface area contributed by atoms with Gasteiger partial charge in [-0.2, -0.15) is 0 Å². The molecule has 296 valence electrons. The van der Waals surface area contributed by atoms with E-state index in [-0.39, 0.29) is 74.7 Å². The third kappa shape index (κ3) is 15.1. The van der Waals surface area contributed by atoms with E-state index in [1.165, 1.54) is 67.2 Å². The number of ether oxygens (including phenoxy) is 1. The first-order chi connectivity index (χ1) is 25.0. The van der Waals surface area contributed by atoms with Gasteiger partial charge in [-0.25, -0.2) is 14.8 Å². The smallest absolute Gasteiger partial charge is 1.00 e. The maximum atomic E-state index is 12.5. The van der Waals surface area contributed by atoms with Gasteiger partial charge >= 0.3 is 41.0 Å². The Labute approximate surface area is 351 Å². The van der Waals surface area contributed by atoms with Crippen LogP contribution in [0.4, 0.5) is 21.0 Å². The SMILES string of the molecule is C.C.C1CCOC1.CN(C(=O)Cl)C1CCCC1.CN(C(=O)n1cnc(-c2cccc([N+](=O)[O-])c2)c1)C1CCCC1.O=[N+]([O-])c1cccc(-c2cnc[nH]2)c1.[H-].[Na+]. The van der Waals surface area contributed by atoms with Gasteiger partial charge in [0, 0.05) is 81.0 Å². The average molecular weight is 793 g/mol. The molecule has 2 aromatic heterocycles. The molecule has 3 fully saturated rings. The molecule has 55 heavy (non-hydrogen) atoms. The van der Waals surface area contributed by atoms with Crippen LogP contribution in [0.5, 0.6) is 0 Å². The summed E-state index contributed by atoms with van der Waals surface area (Å²) in [6, 6.07) is 13.2. The van der Waals surface area contributed by atoms with Crippen LogP contribution in [0, 0.1) is 20.2 Å². The van der Waals surface area contributed by atoms with Gasteiger partial charge in [0.1, 0.15) is 6.33 Å². The zero-order valence-electron chi connectivity index (χ0n) is 31.4. The van der Waals surface area contributed by atoms with Gasteiger partial charge in [-0.3, -0.25) is 29.6 Å². The van der Waals surface area contributed by atoms with Gasteiger partial charge in [0.05, 0.1) is 33.8 Å².